The summed E-state index contributed by atoms with van der Waals surface area (Å²) in [4.78, 5) is 41.1. The van der Waals surface area contributed by atoms with Crippen LogP contribution in [0.1, 0.15) is 38.0 Å². The Morgan fingerprint density at radius 3 is 1.71 bits per heavy atom. The Kier molecular flexibility index (Phi) is 11.8. The number of carbonyl (C=O) groups is 3. The van der Waals surface area contributed by atoms with E-state index in [1.807, 2.05) is 0 Å². The lowest BCUT2D eigenvalue weighted by atomic mass is 9.85. The van der Waals surface area contributed by atoms with Gasteiger partial charge in [-0.15, -0.1) is 0 Å². The average molecular weight is 821 g/mol. The van der Waals surface area contributed by atoms with E-state index in [1.165, 1.54) is 30.5 Å². The number of carbonyl (C=O) groups excluding carboxylic acids is 3. The van der Waals surface area contributed by atoms with Crippen LogP contribution >= 0.6 is 0 Å². The molecule has 3 saturated heterocycles. The molecule has 17 heteroatoms. The van der Waals surface area contributed by atoms with Crippen LogP contribution in [-0.4, -0.2) is 142 Å². The summed E-state index contributed by atoms with van der Waals surface area (Å²) in [6.45, 7) is 0.362. The second-order valence-electron chi connectivity index (χ2n) is 14.9. The molecule has 4 aliphatic heterocycles. The number of esters is 3. The highest BCUT2D eigenvalue weighted by Crippen LogP contribution is 2.61. The Hall–Kier alpha value is -4.79. The summed E-state index contributed by atoms with van der Waals surface area (Å²) in [5, 5.41) is 51.9. The molecule has 0 amide bonds. The molecule has 3 aromatic carbocycles. The van der Waals surface area contributed by atoms with Gasteiger partial charge >= 0.3 is 17.9 Å². The van der Waals surface area contributed by atoms with Crippen molar-refractivity contribution in [2.75, 3.05) is 13.2 Å². The van der Waals surface area contributed by atoms with Crippen molar-refractivity contribution in [3.63, 3.8) is 0 Å². The fourth-order valence-corrected chi connectivity index (χ4v) is 8.27. The zero-order valence-electron chi connectivity index (χ0n) is 31.5. The quantitative estimate of drug-likeness (QED) is 0.0967. The molecule has 1 saturated carbocycles. The fraction of sp³-hybridized carbons (Fsp3) is 0.452. The molecular weight excluding hydrogens is 776 g/mol. The molecule has 0 radical (unpaired) electrons. The number of hydrogen-bond donors (Lipinski definition) is 5. The maximum atomic E-state index is 13.8. The summed E-state index contributed by atoms with van der Waals surface area (Å²) in [6, 6.07) is 24.3. The summed E-state index contributed by atoms with van der Waals surface area (Å²) in [7, 11) is 0. The summed E-state index contributed by atoms with van der Waals surface area (Å²) >= 11 is 0. The number of aliphatic hydroxyl groups excluding tert-OH is 5. The molecule has 314 valence electrons. The first-order valence-electron chi connectivity index (χ1n) is 19.2. The van der Waals surface area contributed by atoms with Crippen molar-refractivity contribution < 1.29 is 82.5 Å². The van der Waals surface area contributed by atoms with E-state index in [0.717, 1.165) is 0 Å². The standard InChI is InChI=1S/C42H44O17/c1-21-31(54-36(48)22-11-5-2-6-12-22)33(55-37(49)23-13-7-3-8-14-23)34(56-38(50)24-15-9-4-10-16-24)41(52-21)57-32-25-17-18-51-39(27(25)42(20-44)35(32)59-42)58-40-30(47)29(46)28(45)26(19-43)53-40/h2-18,21,25-35,39-41,43-47H,19-20H2,1H3/t21-,25+,26+,27+,28+,29-,30+,31+,32-,33-,34+,35-,39+,40-,41-,42+/m0/s1. The van der Waals surface area contributed by atoms with Crippen molar-refractivity contribution in [1.82, 2.24) is 0 Å². The van der Waals surface area contributed by atoms with Crippen LogP contribution in [0.4, 0.5) is 0 Å². The van der Waals surface area contributed by atoms with Crippen molar-refractivity contribution in [2.45, 2.75) is 92.4 Å². The molecule has 59 heavy (non-hydrogen) atoms. The smallest absolute Gasteiger partial charge is 0.338 e. The van der Waals surface area contributed by atoms with Gasteiger partial charge in [-0.2, -0.15) is 0 Å². The lowest BCUT2D eigenvalue weighted by Gasteiger charge is -2.45. The maximum Gasteiger partial charge on any atom is 0.338 e. The van der Waals surface area contributed by atoms with Gasteiger partial charge in [-0.1, -0.05) is 54.6 Å². The summed E-state index contributed by atoms with van der Waals surface area (Å²) in [6.07, 6.45) is -14.9. The SMILES string of the molecule is C[C@@H]1O[C@@H](O[C@H]2[C@@H]3C=CO[C@H](O[C@@H]4O[C@H](CO)[C@@H](O)[C@H](O)[C@H]4O)[C@@H]3[C@@]3(CO)O[C@@H]23)[C@H](OC(=O)c2ccccc2)[C@@H](OC(=O)c2ccccc2)[C@@H]1OC(=O)c1ccccc1. The van der Waals surface area contributed by atoms with E-state index in [2.05, 4.69) is 0 Å². The van der Waals surface area contributed by atoms with E-state index in [4.69, 9.17) is 42.6 Å². The molecule has 4 fully saturated rings. The normalized spacial score (nSPS) is 38.2. The van der Waals surface area contributed by atoms with E-state index >= 15 is 0 Å². The second-order valence-corrected chi connectivity index (χ2v) is 14.9. The van der Waals surface area contributed by atoms with Crippen LogP contribution in [0.3, 0.4) is 0 Å². The first kappa shape index (κ1) is 41.0. The Bertz CT molecular complexity index is 1960. The molecular formula is C42H44O17. The van der Waals surface area contributed by atoms with Crippen LogP contribution < -0.4 is 0 Å². The van der Waals surface area contributed by atoms with Crippen molar-refractivity contribution in [3.8, 4) is 0 Å². The van der Waals surface area contributed by atoms with E-state index in [9.17, 15) is 39.9 Å². The molecule has 0 spiro atoms. The third kappa shape index (κ3) is 7.86. The highest BCUT2D eigenvalue weighted by molar-refractivity contribution is 5.91. The van der Waals surface area contributed by atoms with Gasteiger partial charge in [-0.05, 0) is 49.4 Å². The predicted octanol–water partition coefficient (Wildman–Crippen LogP) is 0.856. The number of hydrogen-bond acceptors (Lipinski definition) is 17. The Labute approximate surface area is 337 Å². The van der Waals surface area contributed by atoms with E-state index in [0.29, 0.717) is 0 Å². The minimum Gasteiger partial charge on any atom is -0.472 e. The number of aliphatic hydroxyl groups is 5. The first-order chi connectivity index (χ1) is 28.5. The van der Waals surface area contributed by atoms with Crippen molar-refractivity contribution in [2.24, 2.45) is 11.8 Å². The van der Waals surface area contributed by atoms with Crippen LogP contribution in [0, 0.1) is 11.8 Å². The van der Waals surface area contributed by atoms with Crippen LogP contribution in [-0.2, 0) is 42.6 Å². The lowest BCUT2D eigenvalue weighted by molar-refractivity contribution is -0.346. The van der Waals surface area contributed by atoms with Crippen molar-refractivity contribution in [1.29, 1.82) is 0 Å². The zero-order valence-corrected chi connectivity index (χ0v) is 31.5. The fourth-order valence-electron chi connectivity index (χ4n) is 8.27. The van der Waals surface area contributed by atoms with Gasteiger partial charge in [0.1, 0.15) is 36.1 Å². The molecule has 16 atom stereocenters. The van der Waals surface area contributed by atoms with Gasteiger partial charge in [-0.3, -0.25) is 0 Å². The second kappa shape index (κ2) is 17.1. The molecule has 8 rings (SSSR count). The van der Waals surface area contributed by atoms with Gasteiger partial charge in [0.15, 0.2) is 30.9 Å². The monoisotopic (exact) mass is 820 g/mol. The van der Waals surface area contributed by atoms with Crippen LogP contribution in [0.15, 0.2) is 103 Å². The molecule has 17 nitrogen and oxygen atoms in total. The minimum absolute atomic E-state index is 0.155. The summed E-state index contributed by atoms with van der Waals surface area (Å²) in [5.74, 6) is -3.89. The minimum atomic E-state index is -1.74. The van der Waals surface area contributed by atoms with E-state index in [-0.39, 0.29) is 16.7 Å². The van der Waals surface area contributed by atoms with Gasteiger partial charge < -0.3 is 68.2 Å². The van der Waals surface area contributed by atoms with Gasteiger partial charge in [-0.25, -0.2) is 14.4 Å². The average Bonchev–Trinajstić information content (AvgIpc) is 3.94. The molecule has 3 aromatic rings. The number of benzene rings is 3. The molecule has 5 N–H and O–H groups in total. The Morgan fingerprint density at radius 2 is 1.17 bits per heavy atom. The number of ether oxygens (including phenoxy) is 9. The molecule has 0 aromatic heterocycles. The third-order valence-electron chi connectivity index (χ3n) is 11.4. The molecule has 1 aliphatic carbocycles. The van der Waals surface area contributed by atoms with Gasteiger partial charge in [0, 0.05) is 5.92 Å². The highest BCUT2D eigenvalue weighted by Gasteiger charge is 2.77. The van der Waals surface area contributed by atoms with Gasteiger partial charge in [0.2, 0.25) is 6.29 Å². The van der Waals surface area contributed by atoms with Crippen LogP contribution in [0.5, 0.6) is 0 Å². The molecule has 4 heterocycles. The highest BCUT2D eigenvalue weighted by atomic mass is 16.8. The predicted molar refractivity (Wildman–Crippen MR) is 197 cm³/mol. The summed E-state index contributed by atoms with van der Waals surface area (Å²) in [5.41, 5.74) is -0.787. The first-order valence-corrected chi connectivity index (χ1v) is 19.2. The van der Waals surface area contributed by atoms with Crippen LogP contribution in [0.25, 0.3) is 0 Å². The Morgan fingerprint density at radius 1 is 0.627 bits per heavy atom. The van der Waals surface area contributed by atoms with Gasteiger partial charge in [0.05, 0.1) is 54.3 Å². The lowest BCUT2D eigenvalue weighted by Crippen LogP contribution is -2.62. The van der Waals surface area contributed by atoms with Gasteiger partial charge in [0.25, 0.3) is 0 Å². The number of fused-ring (bicyclic) bond motifs is 3. The van der Waals surface area contributed by atoms with Crippen molar-refractivity contribution >= 4 is 17.9 Å². The largest absolute Gasteiger partial charge is 0.472 e. The van der Waals surface area contributed by atoms with Crippen LogP contribution in [0.2, 0.25) is 0 Å². The topological polar surface area (TPSA) is 239 Å². The molecule has 5 aliphatic rings. The number of epoxide rings is 1. The summed E-state index contributed by atoms with van der Waals surface area (Å²) < 4.78 is 54.8. The molecule has 0 bridgehead atoms. The maximum absolute atomic E-state index is 13.8. The molecule has 0 unspecified atom stereocenters. The Balaban J connectivity index is 1.11. The van der Waals surface area contributed by atoms with E-state index < -0.39 is 128 Å². The number of rotatable bonds is 12. The van der Waals surface area contributed by atoms with Crippen molar-refractivity contribution in [3.05, 3.63) is 120 Å². The third-order valence-corrected chi connectivity index (χ3v) is 11.4. The van der Waals surface area contributed by atoms with E-state index in [1.54, 1.807) is 79.7 Å². The zero-order chi connectivity index (χ0) is 41.4.